The molecule has 2 aromatic rings. The van der Waals surface area contributed by atoms with Crippen LogP contribution in [-0.2, 0) is 0 Å². The largest absolute Gasteiger partial charge is 0.366 e. The van der Waals surface area contributed by atoms with E-state index in [0.29, 0.717) is 12.0 Å². The SMILES string of the molecule is Cc1nnc2ccc(NC(C)C(C)C3CCCCC3)nn12. The van der Waals surface area contributed by atoms with Gasteiger partial charge in [0.2, 0.25) is 0 Å². The van der Waals surface area contributed by atoms with Crippen molar-refractivity contribution >= 4 is 11.5 Å². The molecule has 2 heterocycles. The monoisotopic (exact) mass is 287 g/mol. The topological polar surface area (TPSA) is 55.1 Å². The van der Waals surface area contributed by atoms with Gasteiger partial charge < -0.3 is 5.32 Å². The Morgan fingerprint density at radius 3 is 2.67 bits per heavy atom. The number of nitrogens with zero attached hydrogens (tertiary/aromatic N) is 4. The van der Waals surface area contributed by atoms with Crippen molar-refractivity contribution in [3.8, 4) is 0 Å². The van der Waals surface area contributed by atoms with Crippen LogP contribution >= 0.6 is 0 Å². The van der Waals surface area contributed by atoms with Gasteiger partial charge in [-0.1, -0.05) is 39.0 Å². The minimum Gasteiger partial charge on any atom is -0.366 e. The Balaban J connectivity index is 1.69. The van der Waals surface area contributed by atoms with Gasteiger partial charge in [-0.2, -0.15) is 4.52 Å². The van der Waals surface area contributed by atoms with Crippen molar-refractivity contribution < 1.29 is 0 Å². The normalized spacial score (nSPS) is 19.6. The third-order valence-electron chi connectivity index (χ3n) is 4.98. The number of nitrogens with one attached hydrogen (secondary N) is 1. The van der Waals surface area contributed by atoms with Crippen LogP contribution in [0, 0.1) is 18.8 Å². The Labute approximate surface area is 126 Å². The highest BCUT2D eigenvalue weighted by Crippen LogP contribution is 2.32. The van der Waals surface area contributed by atoms with Gasteiger partial charge in [-0.25, -0.2) is 0 Å². The van der Waals surface area contributed by atoms with Gasteiger partial charge in [0.1, 0.15) is 5.82 Å². The summed E-state index contributed by atoms with van der Waals surface area (Å²) in [6.45, 7) is 6.56. The van der Waals surface area contributed by atoms with E-state index in [-0.39, 0.29) is 0 Å². The molecule has 2 atom stereocenters. The van der Waals surface area contributed by atoms with E-state index in [4.69, 9.17) is 0 Å². The fraction of sp³-hybridized carbons (Fsp3) is 0.688. The van der Waals surface area contributed by atoms with Crippen molar-refractivity contribution in [2.45, 2.75) is 58.9 Å². The lowest BCUT2D eigenvalue weighted by Gasteiger charge is -2.32. The van der Waals surface area contributed by atoms with Crippen LogP contribution in [0.25, 0.3) is 5.65 Å². The summed E-state index contributed by atoms with van der Waals surface area (Å²) >= 11 is 0. The van der Waals surface area contributed by atoms with E-state index >= 15 is 0 Å². The molecule has 114 valence electrons. The van der Waals surface area contributed by atoms with Crippen LogP contribution in [0.2, 0.25) is 0 Å². The average Bonchev–Trinajstić information content (AvgIpc) is 2.88. The molecular formula is C16H25N5. The molecule has 0 spiro atoms. The zero-order chi connectivity index (χ0) is 14.8. The molecule has 5 nitrogen and oxygen atoms in total. The second-order valence-electron chi connectivity index (χ2n) is 6.43. The van der Waals surface area contributed by atoms with Crippen LogP contribution in [0.1, 0.15) is 51.8 Å². The molecule has 2 unspecified atom stereocenters. The maximum absolute atomic E-state index is 4.58. The number of hydrogen-bond acceptors (Lipinski definition) is 4. The number of anilines is 1. The summed E-state index contributed by atoms with van der Waals surface area (Å²) in [6.07, 6.45) is 6.96. The Hall–Kier alpha value is -1.65. The first-order valence-corrected chi connectivity index (χ1v) is 8.11. The van der Waals surface area contributed by atoms with Crippen LogP contribution in [0.15, 0.2) is 12.1 Å². The van der Waals surface area contributed by atoms with Gasteiger partial charge >= 0.3 is 0 Å². The maximum Gasteiger partial charge on any atom is 0.178 e. The molecule has 0 amide bonds. The van der Waals surface area contributed by atoms with E-state index in [9.17, 15) is 0 Å². The van der Waals surface area contributed by atoms with E-state index in [1.165, 1.54) is 32.1 Å². The van der Waals surface area contributed by atoms with Crippen molar-refractivity contribution in [2.24, 2.45) is 11.8 Å². The van der Waals surface area contributed by atoms with Crippen molar-refractivity contribution in [3.05, 3.63) is 18.0 Å². The fourth-order valence-corrected chi connectivity index (χ4v) is 3.41. The highest BCUT2D eigenvalue weighted by atomic mass is 15.4. The average molecular weight is 287 g/mol. The maximum atomic E-state index is 4.58. The summed E-state index contributed by atoms with van der Waals surface area (Å²) in [4.78, 5) is 0. The van der Waals surface area contributed by atoms with Crippen molar-refractivity contribution in [3.63, 3.8) is 0 Å². The molecule has 0 aliphatic heterocycles. The molecule has 1 saturated carbocycles. The van der Waals surface area contributed by atoms with E-state index in [1.54, 1.807) is 4.52 Å². The number of rotatable bonds is 4. The van der Waals surface area contributed by atoms with Gasteiger partial charge in [0.05, 0.1) is 0 Å². The Morgan fingerprint density at radius 1 is 1.14 bits per heavy atom. The summed E-state index contributed by atoms with van der Waals surface area (Å²) in [6, 6.07) is 4.38. The van der Waals surface area contributed by atoms with Crippen molar-refractivity contribution in [1.82, 2.24) is 19.8 Å². The number of aromatic nitrogens is 4. The zero-order valence-electron chi connectivity index (χ0n) is 13.2. The predicted octanol–water partition coefficient (Wildman–Crippen LogP) is 3.45. The standard InChI is InChI=1S/C16H25N5/c1-11(14-7-5-4-6-8-14)12(2)17-15-9-10-16-19-18-13(3)21(16)20-15/h9-12,14H,4-8H2,1-3H3,(H,17,20). The molecule has 1 aliphatic rings. The second-order valence-corrected chi connectivity index (χ2v) is 6.43. The van der Waals surface area contributed by atoms with Gasteiger partial charge in [-0.05, 0) is 37.8 Å². The summed E-state index contributed by atoms with van der Waals surface area (Å²) in [5.74, 6) is 3.24. The quantitative estimate of drug-likeness (QED) is 0.935. The second kappa shape index (κ2) is 6.00. The summed E-state index contributed by atoms with van der Waals surface area (Å²) in [7, 11) is 0. The molecule has 0 aromatic carbocycles. The van der Waals surface area contributed by atoms with Crippen LogP contribution in [0.5, 0.6) is 0 Å². The van der Waals surface area contributed by atoms with Crippen LogP contribution in [0.3, 0.4) is 0 Å². The molecule has 21 heavy (non-hydrogen) atoms. The first-order chi connectivity index (χ1) is 10.1. The van der Waals surface area contributed by atoms with E-state index in [1.807, 2.05) is 19.1 Å². The Bertz CT molecular complexity index is 600. The first-order valence-electron chi connectivity index (χ1n) is 8.11. The first kappa shape index (κ1) is 14.3. The summed E-state index contributed by atoms with van der Waals surface area (Å²) < 4.78 is 1.79. The van der Waals surface area contributed by atoms with Crippen LogP contribution < -0.4 is 5.32 Å². The minimum atomic E-state index is 0.426. The van der Waals surface area contributed by atoms with E-state index in [0.717, 1.165) is 23.2 Å². The number of hydrogen-bond donors (Lipinski definition) is 1. The third-order valence-corrected chi connectivity index (χ3v) is 4.98. The van der Waals surface area contributed by atoms with Gasteiger partial charge in [0.25, 0.3) is 0 Å². The minimum absolute atomic E-state index is 0.426. The zero-order valence-corrected chi connectivity index (χ0v) is 13.2. The third kappa shape index (κ3) is 3.01. The predicted molar refractivity (Wildman–Crippen MR) is 84.3 cm³/mol. The van der Waals surface area contributed by atoms with Crippen LogP contribution in [0.4, 0.5) is 5.82 Å². The molecule has 1 N–H and O–H groups in total. The van der Waals surface area contributed by atoms with Gasteiger partial charge in [0, 0.05) is 6.04 Å². The molecule has 2 aromatic heterocycles. The van der Waals surface area contributed by atoms with Crippen molar-refractivity contribution in [1.29, 1.82) is 0 Å². The summed E-state index contributed by atoms with van der Waals surface area (Å²) in [5, 5.41) is 16.3. The molecule has 0 radical (unpaired) electrons. The lowest BCUT2D eigenvalue weighted by molar-refractivity contribution is 0.246. The lowest BCUT2D eigenvalue weighted by Crippen LogP contribution is -2.31. The van der Waals surface area contributed by atoms with Gasteiger partial charge in [0.15, 0.2) is 11.5 Å². The lowest BCUT2D eigenvalue weighted by atomic mass is 9.78. The molecule has 5 heteroatoms. The molecule has 1 fully saturated rings. The fourth-order valence-electron chi connectivity index (χ4n) is 3.41. The van der Waals surface area contributed by atoms with E-state index < -0.39 is 0 Å². The molecule has 3 rings (SSSR count). The van der Waals surface area contributed by atoms with Gasteiger partial charge in [-0.15, -0.1) is 15.3 Å². The number of fused-ring (bicyclic) bond motifs is 1. The molecule has 1 aliphatic carbocycles. The van der Waals surface area contributed by atoms with Gasteiger partial charge in [-0.3, -0.25) is 0 Å². The molecule has 0 bridgehead atoms. The van der Waals surface area contributed by atoms with Crippen LogP contribution in [-0.4, -0.2) is 25.9 Å². The highest BCUT2D eigenvalue weighted by molar-refractivity contribution is 5.44. The Kier molecular flexibility index (Phi) is 4.08. The Morgan fingerprint density at radius 2 is 1.90 bits per heavy atom. The van der Waals surface area contributed by atoms with Crippen molar-refractivity contribution in [2.75, 3.05) is 5.32 Å². The summed E-state index contributed by atoms with van der Waals surface area (Å²) in [5.41, 5.74) is 0.797. The highest BCUT2D eigenvalue weighted by Gasteiger charge is 2.24. The molecule has 0 saturated heterocycles. The smallest absolute Gasteiger partial charge is 0.178 e. The van der Waals surface area contributed by atoms with E-state index in [2.05, 4.69) is 34.5 Å². The number of aryl methyl sites for hydroxylation is 1. The molecular weight excluding hydrogens is 262 g/mol.